The Morgan fingerprint density at radius 3 is 2.44 bits per heavy atom. The van der Waals surface area contributed by atoms with E-state index in [0.717, 1.165) is 17.8 Å². The number of nitrogens with one attached hydrogen (secondary N) is 2. The number of hydrogen-bond acceptors (Lipinski definition) is 2. The minimum absolute atomic E-state index is 0.551. The third-order valence-electron chi connectivity index (χ3n) is 5.65. The lowest BCUT2D eigenvalue weighted by molar-refractivity contribution is 0.186. The van der Waals surface area contributed by atoms with Gasteiger partial charge in [0.1, 0.15) is 0 Å². The molecule has 18 heavy (non-hydrogen) atoms. The number of rotatable bonds is 7. The highest BCUT2D eigenvalue weighted by Crippen LogP contribution is 2.48. The standard InChI is InChI=1S/C16H30N2/c1-2-16(8-3-9-17-11-16)12-18-10-15(13-4-5-13)14-6-7-14/h13-15,17-18H,2-12H2,1H3. The van der Waals surface area contributed by atoms with E-state index in [-0.39, 0.29) is 0 Å². The maximum atomic E-state index is 3.85. The Bertz CT molecular complexity index is 250. The van der Waals surface area contributed by atoms with Crippen molar-refractivity contribution < 1.29 is 0 Å². The second-order valence-electron chi connectivity index (χ2n) is 7.10. The van der Waals surface area contributed by atoms with Crippen molar-refractivity contribution in [1.82, 2.24) is 10.6 Å². The minimum atomic E-state index is 0.551. The predicted octanol–water partition coefficient (Wildman–Crippen LogP) is 2.79. The highest BCUT2D eigenvalue weighted by atomic mass is 14.9. The SMILES string of the molecule is CCC1(CNCC(C2CC2)C2CC2)CCCNC1. The summed E-state index contributed by atoms with van der Waals surface area (Å²) in [4.78, 5) is 0. The van der Waals surface area contributed by atoms with Crippen LogP contribution >= 0.6 is 0 Å². The molecule has 3 aliphatic rings. The van der Waals surface area contributed by atoms with Gasteiger partial charge in [-0.15, -0.1) is 0 Å². The van der Waals surface area contributed by atoms with Crippen molar-refractivity contribution in [3.8, 4) is 0 Å². The van der Waals surface area contributed by atoms with Crippen LogP contribution in [0.25, 0.3) is 0 Å². The van der Waals surface area contributed by atoms with Gasteiger partial charge >= 0.3 is 0 Å². The summed E-state index contributed by atoms with van der Waals surface area (Å²) >= 11 is 0. The van der Waals surface area contributed by atoms with Crippen molar-refractivity contribution in [1.29, 1.82) is 0 Å². The van der Waals surface area contributed by atoms with Crippen molar-refractivity contribution in [2.75, 3.05) is 26.2 Å². The van der Waals surface area contributed by atoms with Crippen LogP contribution < -0.4 is 10.6 Å². The highest BCUT2D eigenvalue weighted by molar-refractivity contribution is 4.93. The first-order chi connectivity index (χ1) is 8.83. The molecule has 0 bridgehead atoms. The zero-order chi connectivity index (χ0) is 12.4. The molecule has 2 saturated carbocycles. The summed E-state index contributed by atoms with van der Waals surface area (Å²) in [6.07, 6.45) is 10.2. The highest BCUT2D eigenvalue weighted by Gasteiger charge is 2.41. The van der Waals surface area contributed by atoms with Gasteiger partial charge < -0.3 is 10.6 Å². The molecule has 104 valence electrons. The molecular weight excluding hydrogens is 220 g/mol. The van der Waals surface area contributed by atoms with Gasteiger partial charge in [0.25, 0.3) is 0 Å². The van der Waals surface area contributed by atoms with E-state index in [1.807, 2.05) is 0 Å². The van der Waals surface area contributed by atoms with E-state index in [0.29, 0.717) is 5.41 Å². The Hall–Kier alpha value is -0.0800. The molecule has 2 aliphatic carbocycles. The van der Waals surface area contributed by atoms with Gasteiger partial charge in [-0.1, -0.05) is 6.92 Å². The summed E-state index contributed by atoms with van der Waals surface area (Å²) in [6, 6.07) is 0. The maximum absolute atomic E-state index is 3.85. The lowest BCUT2D eigenvalue weighted by atomic mass is 9.78. The van der Waals surface area contributed by atoms with E-state index in [4.69, 9.17) is 0 Å². The normalized spacial score (nSPS) is 33.0. The number of hydrogen-bond donors (Lipinski definition) is 2. The van der Waals surface area contributed by atoms with Crippen LogP contribution in [0.1, 0.15) is 51.9 Å². The third-order valence-corrected chi connectivity index (χ3v) is 5.65. The fourth-order valence-corrected chi connectivity index (χ4v) is 3.88. The molecule has 2 nitrogen and oxygen atoms in total. The molecular formula is C16H30N2. The second-order valence-corrected chi connectivity index (χ2v) is 7.10. The minimum Gasteiger partial charge on any atom is -0.316 e. The largest absolute Gasteiger partial charge is 0.316 e. The van der Waals surface area contributed by atoms with Crippen molar-refractivity contribution in [2.24, 2.45) is 23.2 Å². The lowest BCUT2D eigenvalue weighted by Gasteiger charge is -2.37. The molecule has 0 radical (unpaired) electrons. The van der Waals surface area contributed by atoms with E-state index < -0.39 is 0 Å². The van der Waals surface area contributed by atoms with Gasteiger partial charge in [-0.3, -0.25) is 0 Å². The molecule has 1 unspecified atom stereocenters. The van der Waals surface area contributed by atoms with Crippen LogP contribution in [0.5, 0.6) is 0 Å². The van der Waals surface area contributed by atoms with Gasteiger partial charge in [-0.25, -0.2) is 0 Å². The van der Waals surface area contributed by atoms with Gasteiger partial charge in [0, 0.05) is 13.1 Å². The van der Waals surface area contributed by atoms with Crippen molar-refractivity contribution >= 4 is 0 Å². The Balaban J connectivity index is 1.44. The smallest absolute Gasteiger partial charge is 0.00200 e. The molecule has 0 aromatic carbocycles. The molecule has 3 rings (SSSR count). The molecule has 3 fully saturated rings. The van der Waals surface area contributed by atoms with E-state index >= 15 is 0 Å². The molecule has 0 aromatic heterocycles. The first-order valence-electron chi connectivity index (χ1n) is 8.24. The fourth-order valence-electron chi connectivity index (χ4n) is 3.88. The molecule has 1 atom stereocenters. The maximum Gasteiger partial charge on any atom is 0.00200 e. The Morgan fingerprint density at radius 1 is 1.22 bits per heavy atom. The summed E-state index contributed by atoms with van der Waals surface area (Å²) in [5.41, 5.74) is 0.551. The zero-order valence-corrected chi connectivity index (χ0v) is 12.0. The fraction of sp³-hybridized carbons (Fsp3) is 1.00. The van der Waals surface area contributed by atoms with Crippen LogP contribution in [0, 0.1) is 23.2 Å². The summed E-state index contributed by atoms with van der Waals surface area (Å²) in [6.45, 7) is 7.38. The molecule has 0 amide bonds. The Labute approximate surface area is 112 Å². The first kappa shape index (κ1) is 12.9. The second kappa shape index (κ2) is 5.50. The van der Waals surface area contributed by atoms with Gasteiger partial charge in [0.15, 0.2) is 0 Å². The summed E-state index contributed by atoms with van der Waals surface area (Å²) in [5, 5.41) is 7.44. The quantitative estimate of drug-likeness (QED) is 0.726. The zero-order valence-electron chi connectivity index (χ0n) is 12.0. The van der Waals surface area contributed by atoms with Crippen LogP contribution in [0.2, 0.25) is 0 Å². The van der Waals surface area contributed by atoms with Crippen molar-refractivity contribution in [2.45, 2.75) is 51.9 Å². The van der Waals surface area contributed by atoms with Gasteiger partial charge in [-0.05, 0) is 81.2 Å². The lowest BCUT2D eigenvalue weighted by Crippen LogP contribution is -2.46. The van der Waals surface area contributed by atoms with Gasteiger partial charge in [0.05, 0.1) is 0 Å². The van der Waals surface area contributed by atoms with Crippen LogP contribution in [0.4, 0.5) is 0 Å². The Morgan fingerprint density at radius 2 is 1.94 bits per heavy atom. The van der Waals surface area contributed by atoms with Crippen molar-refractivity contribution in [3.05, 3.63) is 0 Å². The molecule has 1 aliphatic heterocycles. The monoisotopic (exact) mass is 250 g/mol. The van der Waals surface area contributed by atoms with E-state index in [1.165, 1.54) is 71.1 Å². The average molecular weight is 250 g/mol. The molecule has 0 spiro atoms. The van der Waals surface area contributed by atoms with Crippen molar-refractivity contribution in [3.63, 3.8) is 0 Å². The van der Waals surface area contributed by atoms with E-state index in [9.17, 15) is 0 Å². The summed E-state index contributed by atoms with van der Waals surface area (Å²) < 4.78 is 0. The Kier molecular flexibility index (Phi) is 3.95. The topological polar surface area (TPSA) is 24.1 Å². The van der Waals surface area contributed by atoms with E-state index in [1.54, 1.807) is 0 Å². The molecule has 2 N–H and O–H groups in total. The van der Waals surface area contributed by atoms with Gasteiger partial charge in [-0.2, -0.15) is 0 Å². The molecule has 0 aromatic rings. The van der Waals surface area contributed by atoms with Gasteiger partial charge in [0.2, 0.25) is 0 Å². The summed E-state index contributed by atoms with van der Waals surface area (Å²) in [7, 11) is 0. The first-order valence-corrected chi connectivity index (χ1v) is 8.24. The van der Waals surface area contributed by atoms with Crippen LogP contribution in [0.3, 0.4) is 0 Å². The number of piperidine rings is 1. The third kappa shape index (κ3) is 3.08. The van der Waals surface area contributed by atoms with Crippen LogP contribution in [-0.2, 0) is 0 Å². The molecule has 2 heteroatoms. The molecule has 1 saturated heterocycles. The van der Waals surface area contributed by atoms with E-state index in [2.05, 4.69) is 17.6 Å². The summed E-state index contributed by atoms with van der Waals surface area (Å²) in [5.74, 6) is 3.20. The average Bonchev–Trinajstić information content (AvgIpc) is 3.29. The van der Waals surface area contributed by atoms with Crippen LogP contribution in [0.15, 0.2) is 0 Å². The molecule has 1 heterocycles. The van der Waals surface area contributed by atoms with Crippen LogP contribution in [-0.4, -0.2) is 26.2 Å². The predicted molar refractivity (Wildman–Crippen MR) is 76.6 cm³/mol.